The highest BCUT2D eigenvalue weighted by Gasteiger charge is 2.35. The minimum absolute atomic E-state index is 0.0233. The van der Waals surface area contributed by atoms with Gasteiger partial charge in [-0.2, -0.15) is 0 Å². The molecule has 2 aliphatic rings. The van der Waals surface area contributed by atoms with Gasteiger partial charge in [0.1, 0.15) is 6.61 Å². The summed E-state index contributed by atoms with van der Waals surface area (Å²) < 4.78 is 16.0. The Bertz CT molecular complexity index is 1560. The van der Waals surface area contributed by atoms with Crippen LogP contribution in [0.15, 0.2) is 36.4 Å². The summed E-state index contributed by atoms with van der Waals surface area (Å²) in [5.74, 6) is -2.61. The van der Waals surface area contributed by atoms with E-state index in [0.717, 1.165) is 11.1 Å². The minimum Gasteiger partial charge on any atom is -0.432 e. The van der Waals surface area contributed by atoms with Crippen molar-refractivity contribution in [1.29, 1.82) is 0 Å². The molecule has 2 aromatic carbocycles. The standard InChI is InChI=1S/C36H45N3O12/c1-23(15-16-40)48-18-4-6-31(41)24-9-11-26-27-12-10-25(37-32(42)7-3-8-33(43)38-50-19-5-17-47-2)21-29(27)30(28(26)20-24)22-49-36(46)51-39-34(44)13-14-35(39)45/h9-12,20-21,23,30,40H,3-8,13-19,22H2,1-2H3,(H,37,42)(H,38,43). The van der Waals surface area contributed by atoms with Gasteiger partial charge < -0.3 is 24.6 Å². The summed E-state index contributed by atoms with van der Waals surface area (Å²) in [6.07, 6.45) is 0.868. The zero-order valence-corrected chi connectivity index (χ0v) is 28.9. The number of Topliss-reactive ketones (excluding diaryl/α,β-unsaturated/α-hetero) is 1. The molecule has 51 heavy (non-hydrogen) atoms. The van der Waals surface area contributed by atoms with Gasteiger partial charge in [0.05, 0.1) is 12.7 Å². The molecule has 1 aliphatic carbocycles. The number of methoxy groups -OCH3 is 1. The largest absolute Gasteiger partial charge is 0.533 e. The van der Waals surface area contributed by atoms with E-state index in [9.17, 15) is 28.8 Å². The van der Waals surface area contributed by atoms with Gasteiger partial charge in [-0.25, -0.2) is 10.3 Å². The summed E-state index contributed by atoms with van der Waals surface area (Å²) in [4.78, 5) is 84.3. The number of hydrogen-bond acceptors (Lipinski definition) is 12. The lowest BCUT2D eigenvalue weighted by molar-refractivity contribution is -0.177. The van der Waals surface area contributed by atoms with Crippen LogP contribution in [0.3, 0.4) is 0 Å². The Hall–Kier alpha value is -4.70. The fraction of sp³-hybridized carbons (Fsp3) is 0.500. The number of hydrogen-bond donors (Lipinski definition) is 3. The maximum atomic E-state index is 13.2. The van der Waals surface area contributed by atoms with Crippen molar-refractivity contribution in [2.45, 2.75) is 76.7 Å². The van der Waals surface area contributed by atoms with E-state index in [1.807, 2.05) is 19.1 Å². The molecule has 2 aromatic rings. The molecule has 1 aliphatic heterocycles. The number of carbonyl (C=O) groups is 6. The molecule has 2 atom stereocenters. The number of rotatable bonds is 21. The van der Waals surface area contributed by atoms with Crippen molar-refractivity contribution in [2.24, 2.45) is 0 Å². The van der Waals surface area contributed by atoms with Crippen molar-refractivity contribution < 1.29 is 57.8 Å². The molecule has 1 fully saturated rings. The van der Waals surface area contributed by atoms with Gasteiger partial charge in [0.15, 0.2) is 5.78 Å². The van der Waals surface area contributed by atoms with Gasteiger partial charge in [-0.05, 0) is 73.1 Å². The quantitative estimate of drug-likeness (QED) is 0.0555. The van der Waals surface area contributed by atoms with Crippen molar-refractivity contribution in [3.05, 3.63) is 53.1 Å². The number of nitrogens with one attached hydrogen (secondary N) is 2. The van der Waals surface area contributed by atoms with Crippen LogP contribution in [0.4, 0.5) is 10.5 Å². The van der Waals surface area contributed by atoms with Crippen molar-refractivity contribution in [3.8, 4) is 11.1 Å². The molecule has 0 radical (unpaired) electrons. The number of nitrogens with zero attached hydrogens (tertiary/aromatic N) is 1. The number of aliphatic hydroxyl groups excluding tert-OH is 1. The topological polar surface area (TPSA) is 196 Å². The normalized spacial score (nSPS) is 15.3. The monoisotopic (exact) mass is 711 g/mol. The van der Waals surface area contributed by atoms with Crippen LogP contribution in [0.25, 0.3) is 11.1 Å². The summed E-state index contributed by atoms with van der Waals surface area (Å²) >= 11 is 0. The minimum atomic E-state index is -1.23. The number of amides is 4. The summed E-state index contributed by atoms with van der Waals surface area (Å²) in [5.41, 5.74) is 6.32. The number of benzene rings is 2. The van der Waals surface area contributed by atoms with E-state index in [4.69, 9.17) is 29.0 Å². The first kappa shape index (κ1) is 39.1. The number of imide groups is 1. The maximum Gasteiger partial charge on any atom is 0.533 e. The predicted molar refractivity (Wildman–Crippen MR) is 181 cm³/mol. The Morgan fingerprint density at radius 2 is 1.59 bits per heavy atom. The van der Waals surface area contributed by atoms with Crippen molar-refractivity contribution in [1.82, 2.24) is 10.5 Å². The van der Waals surface area contributed by atoms with Crippen LogP contribution in [-0.4, -0.2) is 92.0 Å². The molecular weight excluding hydrogens is 666 g/mol. The van der Waals surface area contributed by atoms with Crippen LogP contribution < -0.4 is 10.8 Å². The number of carbonyl (C=O) groups excluding carboxylic acids is 6. The van der Waals surface area contributed by atoms with Gasteiger partial charge in [-0.15, -0.1) is 0 Å². The van der Waals surface area contributed by atoms with Gasteiger partial charge in [0.25, 0.3) is 11.8 Å². The Kier molecular flexibility index (Phi) is 15.0. The van der Waals surface area contributed by atoms with E-state index in [0.29, 0.717) is 72.9 Å². The Labute approximate surface area is 295 Å². The number of anilines is 1. The van der Waals surface area contributed by atoms with Crippen LogP contribution in [0, 0.1) is 0 Å². The number of aliphatic hydroxyl groups is 1. The van der Waals surface area contributed by atoms with Gasteiger partial charge in [0, 0.05) is 76.2 Å². The van der Waals surface area contributed by atoms with Crippen LogP contribution in [0.5, 0.6) is 0 Å². The second-order valence-corrected chi connectivity index (χ2v) is 12.2. The smallest absolute Gasteiger partial charge is 0.432 e. The third-order valence-electron chi connectivity index (χ3n) is 8.36. The van der Waals surface area contributed by atoms with Gasteiger partial charge in [0.2, 0.25) is 11.8 Å². The molecule has 1 saturated heterocycles. The first-order chi connectivity index (χ1) is 24.6. The van der Waals surface area contributed by atoms with E-state index >= 15 is 0 Å². The third kappa shape index (κ3) is 11.4. The highest BCUT2D eigenvalue weighted by molar-refractivity contribution is 6.01. The first-order valence-electron chi connectivity index (χ1n) is 17.0. The zero-order chi connectivity index (χ0) is 36.8. The SMILES string of the molecule is COCCCONC(=O)CCCC(=O)Nc1ccc2c(c1)C(COC(=O)ON1C(=O)CCC1=O)c1cc(C(=O)CCCOC(C)CCO)ccc1-2. The average Bonchev–Trinajstić information content (AvgIpc) is 3.59. The van der Waals surface area contributed by atoms with E-state index in [2.05, 4.69) is 10.8 Å². The molecule has 0 bridgehead atoms. The molecule has 15 nitrogen and oxygen atoms in total. The molecule has 0 saturated carbocycles. The van der Waals surface area contributed by atoms with Crippen LogP contribution in [0.1, 0.15) is 92.1 Å². The lowest BCUT2D eigenvalue weighted by atomic mass is 9.94. The fourth-order valence-corrected chi connectivity index (χ4v) is 5.72. The Morgan fingerprint density at radius 1 is 0.882 bits per heavy atom. The van der Waals surface area contributed by atoms with Gasteiger partial charge >= 0.3 is 6.16 Å². The molecule has 2 unspecified atom stereocenters. The van der Waals surface area contributed by atoms with Crippen molar-refractivity contribution in [3.63, 3.8) is 0 Å². The predicted octanol–water partition coefficient (Wildman–Crippen LogP) is 3.96. The first-order valence-corrected chi connectivity index (χ1v) is 17.0. The second-order valence-electron chi connectivity index (χ2n) is 12.2. The summed E-state index contributed by atoms with van der Waals surface area (Å²) in [5, 5.41) is 12.3. The number of ketones is 1. The highest BCUT2D eigenvalue weighted by atomic mass is 16.8. The molecular formula is C36H45N3O12. The molecule has 0 spiro atoms. The lowest BCUT2D eigenvalue weighted by Gasteiger charge is -2.17. The van der Waals surface area contributed by atoms with E-state index < -0.39 is 23.9 Å². The Balaban J connectivity index is 1.42. The third-order valence-corrected chi connectivity index (χ3v) is 8.36. The van der Waals surface area contributed by atoms with Crippen LogP contribution in [-0.2, 0) is 43.1 Å². The number of hydroxylamine groups is 3. The molecule has 276 valence electrons. The van der Waals surface area contributed by atoms with Gasteiger partial charge in [-0.1, -0.05) is 23.3 Å². The summed E-state index contributed by atoms with van der Waals surface area (Å²) in [6.45, 7) is 2.83. The van der Waals surface area contributed by atoms with E-state index in [1.54, 1.807) is 31.4 Å². The number of fused-ring (bicyclic) bond motifs is 3. The zero-order valence-electron chi connectivity index (χ0n) is 28.9. The summed E-state index contributed by atoms with van der Waals surface area (Å²) in [7, 11) is 1.58. The molecule has 1 heterocycles. The molecule has 3 N–H and O–H groups in total. The Morgan fingerprint density at radius 3 is 2.31 bits per heavy atom. The highest BCUT2D eigenvalue weighted by Crippen LogP contribution is 2.46. The van der Waals surface area contributed by atoms with Crippen molar-refractivity contribution in [2.75, 3.05) is 45.5 Å². The maximum absolute atomic E-state index is 13.2. The molecule has 4 amide bonds. The van der Waals surface area contributed by atoms with Crippen molar-refractivity contribution >= 4 is 41.3 Å². The summed E-state index contributed by atoms with van der Waals surface area (Å²) in [6, 6.07) is 10.6. The average molecular weight is 712 g/mol. The lowest BCUT2D eigenvalue weighted by Crippen LogP contribution is -2.32. The van der Waals surface area contributed by atoms with Crippen LogP contribution in [0.2, 0.25) is 0 Å². The van der Waals surface area contributed by atoms with Gasteiger partial charge in [-0.3, -0.25) is 33.6 Å². The van der Waals surface area contributed by atoms with E-state index in [-0.39, 0.29) is 69.0 Å². The fourth-order valence-electron chi connectivity index (χ4n) is 5.72. The molecule has 0 aromatic heterocycles. The van der Waals surface area contributed by atoms with Crippen LogP contribution >= 0.6 is 0 Å². The molecule has 15 heteroatoms. The molecule has 4 rings (SSSR count). The second kappa shape index (κ2) is 19.6. The van der Waals surface area contributed by atoms with E-state index in [1.165, 1.54) is 0 Å². The number of ether oxygens (including phenoxy) is 3.